The monoisotopic (exact) mass is 250 g/mol. The van der Waals surface area contributed by atoms with Crippen LogP contribution in [0.3, 0.4) is 0 Å². The summed E-state index contributed by atoms with van der Waals surface area (Å²) < 4.78 is 5.76. The van der Waals surface area contributed by atoms with E-state index in [1.54, 1.807) is 14.0 Å². The minimum Gasteiger partial charge on any atom is -0.480 e. The lowest BCUT2D eigenvalue weighted by molar-refractivity contribution is -0.126. The maximum atomic E-state index is 11.5. The highest BCUT2D eigenvalue weighted by Crippen LogP contribution is 2.25. The fraction of sp³-hybridized carbons (Fsp3) is 0.500. The first-order chi connectivity index (χ1) is 8.45. The number of hydrogen-bond donors (Lipinski definition) is 2. The summed E-state index contributed by atoms with van der Waals surface area (Å²) in [5, 5.41) is 2.58. The van der Waals surface area contributed by atoms with Crippen LogP contribution in [0.4, 0.5) is 0 Å². The van der Waals surface area contributed by atoms with E-state index in [4.69, 9.17) is 10.5 Å². The van der Waals surface area contributed by atoms with Crippen LogP contribution in [0.5, 0.6) is 5.75 Å². The van der Waals surface area contributed by atoms with Crippen LogP contribution in [0.2, 0.25) is 0 Å². The molecule has 0 saturated carbocycles. The molecule has 0 aliphatic rings. The van der Waals surface area contributed by atoms with E-state index in [2.05, 4.69) is 5.32 Å². The molecule has 0 aliphatic heterocycles. The third-order valence-corrected chi connectivity index (χ3v) is 2.75. The molecule has 4 nitrogen and oxygen atoms in total. The van der Waals surface area contributed by atoms with Crippen LogP contribution in [-0.4, -0.2) is 25.1 Å². The Balaban J connectivity index is 2.95. The quantitative estimate of drug-likeness (QED) is 0.830. The van der Waals surface area contributed by atoms with E-state index in [0.29, 0.717) is 0 Å². The van der Waals surface area contributed by atoms with Crippen LogP contribution in [0.25, 0.3) is 0 Å². The van der Waals surface area contributed by atoms with E-state index in [1.165, 1.54) is 0 Å². The van der Waals surface area contributed by atoms with Crippen LogP contribution >= 0.6 is 0 Å². The Bertz CT molecular complexity index is 416. The van der Waals surface area contributed by atoms with E-state index in [9.17, 15) is 4.79 Å². The van der Waals surface area contributed by atoms with Gasteiger partial charge in [0.1, 0.15) is 5.75 Å². The summed E-state index contributed by atoms with van der Waals surface area (Å²) in [6.07, 6.45) is 0.222. The number of nitrogens with one attached hydrogen (secondary N) is 1. The number of carbonyl (C=O) groups excluding carboxylic acids is 1. The second-order valence-corrected chi connectivity index (χ2v) is 4.62. The zero-order chi connectivity index (χ0) is 13.7. The molecule has 1 aromatic rings. The Morgan fingerprint density at radius 2 is 2.11 bits per heavy atom. The van der Waals surface area contributed by atoms with Gasteiger partial charge >= 0.3 is 0 Å². The molecular formula is C14H22N2O2. The van der Waals surface area contributed by atoms with Crippen molar-refractivity contribution < 1.29 is 9.53 Å². The van der Waals surface area contributed by atoms with Gasteiger partial charge in [0.05, 0.1) is 0 Å². The fourth-order valence-electron chi connectivity index (χ4n) is 1.82. The van der Waals surface area contributed by atoms with Crippen molar-refractivity contribution in [2.24, 2.45) is 5.73 Å². The van der Waals surface area contributed by atoms with Gasteiger partial charge in [-0.05, 0) is 38.3 Å². The van der Waals surface area contributed by atoms with Gasteiger partial charge in [-0.3, -0.25) is 4.79 Å². The van der Waals surface area contributed by atoms with E-state index >= 15 is 0 Å². The van der Waals surface area contributed by atoms with E-state index in [1.807, 2.05) is 32.0 Å². The highest BCUT2D eigenvalue weighted by molar-refractivity contribution is 5.80. The molecule has 0 aromatic heterocycles. The van der Waals surface area contributed by atoms with Gasteiger partial charge in [0.25, 0.3) is 5.91 Å². The maximum absolute atomic E-state index is 11.5. The number of nitrogens with two attached hydrogens (primary N) is 1. The average Bonchev–Trinajstić information content (AvgIpc) is 2.31. The van der Waals surface area contributed by atoms with Gasteiger partial charge in [0.15, 0.2) is 6.10 Å². The van der Waals surface area contributed by atoms with Crippen LogP contribution in [0.1, 0.15) is 25.0 Å². The molecule has 100 valence electrons. The summed E-state index contributed by atoms with van der Waals surface area (Å²) in [7, 11) is 1.60. The van der Waals surface area contributed by atoms with Crippen LogP contribution in [0.15, 0.2) is 18.2 Å². The van der Waals surface area contributed by atoms with Crippen molar-refractivity contribution >= 4 is 5.91 Å². The maximum Gasteiger partial charge on any atom is 0.260 e. The Morgan fingerprint density at radius 3 is 2.67 bits per heavy atom. The first-order valence-electron chi connectivity index (χ1n) is 6.18. The topological polar surface area (TPSA) is 64.3 Å². The number of para-hydroxylation sites is 1. The molecule has 4 heteroatoms. The van der Waals surface area contributed by atoms with Crippen molar-refractivity contribution in [2.75, 3.05) is 7.05 Å². The van der Waals surface area contributed by atoms with Crippen molar-refractivity contribution in [3.05, 3.63) is 29.3 Å². The highest BCUT2D eigenvalue weighted by Gasteiger charge is 2.16. The van der Waals surface area contributed by atoms with Crippen molar-refractivity contribution in [2.45, 2.75) is 39.3 Å². The summed E-state index contributed by atoms with van der Waals surface area (Å²) in [5.74, 6) is 0.635. The lowest BCUT2D eigenvalue weighted by Gasteiger charge is -2.19. The van der Waals surface area contributed by atoms with Crippen molar-refractivity contribution in [3.8, 4) is 5.75 Å². The van der Waals surface area contributed by atoms with E-state index in [0.717, 1.165) is 23.3 Å². The highest BCUT2D eigenvalue weighted by atomic mass is 16.5. The lowest BCUT2D eigenvalue weighted by Crippen LogP contribution is -2.34. The number of carbonyl (C=O) groups is 1. The summed E-state index contributed by atoms with van der Waals surface area (Å²) in [6.45, 7) is 5.66. The van der Waals surface area contributed by atoms with Crippen LogP contribution in [0, 0.1) is 6.92 Å². The summed E-state index contributed by atoms with van der Waals surface area (Å²) in [4.78, 5) is 11.5. The number of amides is 1. The van der Waals surface area contributed by atoms with Crippen molar-refractivity contribution in [1.29, 1.82) is 0 Å². The van der Waals surface area contributed by atoms with Gasteiger partial charge < -0.3 is 15.8 Å². The van der Waals surface area contributed by atoms with Crippen molar-refractivity contribution in [3.63, 3.8) is 0 Å². The molecule has 0 bridgehead atoms. The van der Waals surface area contributed by atoms with Gasteiger partial charge in [0.2, 0.25) is 0 Å². The molecule has 0 fully saturated rings. The van der Waals surface area contributed by atoms with Gasteiger partial charge in [-0.2, -0.15) is 0 Å². The smallest absolute Gasteiger partial charge is 0.260 e. The largest absolute Gasteiger partial charge is 0.480 e. The van der Waals surface area contributed by atoms with Gasteiger partial charge in [-0.1, -0.05) is 18.2 Å². The minimum absolute atomic E-state index is 0.0597. The average molecular weight is 250 g/mol. The molecule has 1 rings (SSSR count). The zero-order valence-corrected chi connectivity index (χ0v) is 11.5. The minimum atomic E-state index is -0.511. The number of ether oxygens (including phenoxy) is 1. The van der Waals surface area contributed by atoms with Crippen LogP contribution in [-0.2, 0) is 11.2 Å². The standard InChI is InChI=1S/C14H22N2O2/c1-9-6-5-7-12(8-10(2)15)13(9)18-11(3)14(17)16-4/h5-7,10-11H,8,15H2,1-4H3,(H,16,17). The summed E-state index contributed by atoms with van der Waals surface area (Å²) in [6, 6.07) is 5.99. The molecule has 0 aliphatic carbocycles. The third-order valence-electron chi connectivity index (χ3n) is 2.75. The molecule has 2 atom stereocenters. The summed E-state index contributed by atoms with van der Waals surface area (Å²) in [5.41, 5.74) is 7.89. The molecule has 0 heterocycles. The Labute approximate surface area is 109 Å². The van der Waals surface area contributed by atoms with Gasteiger partial charge in [0, 0.05) is 13.1 Å². The first kappa shape index (κ1) is 14.5. The molecule has 2 unspecified atom stereocenters. The zero-order valence-electron chi connectivity index (χ0n) is 11.5. The molecule has 18 heavy (non-hydrogen) atoms. The second kappa shape index (κ2) is 6.40. The normalized spacial score (nSPS) is 13.8. The molecular weight excluding hydrogens is 228 g/mol. The Kier molecular flexibility index (Phi) is 5.16. The Hall–Kier alpha value is -1.55. The number of hydrogen-bond acceptors (Lipinski definition) is 3. The summed E-state index contributed by atoms with van der Waals surface area (Å²) >= 11 is 0. The molecule has 1 aromatic carbocycles. The molecule has 1 amide bonds. The third kappa shape index (κ3) is 3.74. The van der Waals surface area contributed by atoms with Crippen molar-refractivity contribution in [1.82, 2.24) is 5.32 Å². The number of likely N-dealkylation sites (N-methyl/N-ethyl adjacent to an activating group) is 1. The fourth-order valence-corrected chi connectivity index (χ4v) is 1.82. The molecule has 3 N–H and O–H groups in total. The van der Waals surface area contributed by atoms with Crippen LogP contribution < -0.4 is 15.8 Å². The molecule has 0 saturated heterocycles. The predicted octanol–water partition coefficient (Wildman–Crippen LogP) is 1.40. The first-order valence-corrected chi connectivity index (χ1v) is 6.18. The SMILES string of the molecule is CNC(=O)C(C)Oc1c(C)cccc1CC(C)N. The van der Waals surface area contributed by atoms with Gasteiger partial charge in [-0.25, -0.2) is 0 Å². The number of benzene rings is 1. The van der Waals surface area contributed by atoms with E-state index < -0.39 is 6.10 Å². The Morgan fingerprint density at radius 1 is 1.44 bits per heavy atom. The second-order valence-electron chi connectivity index (χ2n) is 4.62. The van der Waals surface area contributed by atoms with Gasteiger partial charge in [-0.15, -0.1) is 0 Å². The van der Waals surface area contributed by atoms with E-state index in [-0.39, 0.29) is 11.9 Å². The molecule has 0 radical (unpaired) electrons. The lowest BCUT2D eigenvalue weighted by atomic mass is 10.0. The number of aryl methyl sites for hydroxylation is 1. The molecule has 0 spiro atoms. The number of rotatable bonds is 5. The predicted molar refractivity (Wildman–Crippen MR) is 72.7 cm³/mol.